The molecule has 0 atom stereocenters. The Hall–Kier alpha value is -4.50. The van der Waals surface area contributed by atoms with Crippen LogP contribution in [0.25, 0.3) is 22.2 Å². The molecule has 202 valence electrons. The van der Waals surface area contributed by atoms with Gasteiger partial charge in [0.25, 0.3) is 11.8 Å². The lowest BCUT2D eigenvalue weighted by Crippen LogP contribution is -2.49. The van der Waals surface area contributed by atoms with E-state index < -0.39 is 0 Å². The van der Waals surface area contributed by atoms with E-state index in [1.54, 1.807) is 17.5 Å². The average molecular weight is 551 g/mol. The molecule has 1 aliphatic heterocycles. The molecule has 0 bridgehead atoms. The van der Waals surface area contributed by atoms with E-state index in [1.165, 1.54) is 6.20 Å². The maximum absolute atomic E-state index is 14.1. The number of fused-ring (bicyclic) bond motifs is 1. The summed E-state index contributed by atoms with van der Waals surface area (Å²) >= 11 is 1.60. The third kappa shape index (κ3) is 4.96. The zero-order chi connectivity index (χ0) is 27.6. The molecule has 4 heterocycles. The number of hydrogen-bond donors (Lipinski definition) is 1. The summed E-state index contributed by atoms with van der Waals surface area (Å²) in [5.41, 5.74) is 5.16. The first-order valence-corrected chi connectivity index (χ1v) is 14.2. The Bertz CT molecular complexity index is 1650. The number of thiophene rings is 1. The molecule has 2 amide bonds. The monoisotopic (exact) mass is 550 g/mol. The molecule has 0 saturated carbocycles. The van der Waals surface area contributed by atoms with Gasteiger partial charge >= 0.3 is 0 Å². The van der Waals surface area contributed by atoms with Gasteiger partial charge in [-0.1, -0.05) is 48.0 Å². The molecule has 6 rings (SSSR count). The Balaban J connectivity index is 1.17. The normalized spacial score (nSPS) is 13.6. The number of aromatic nitrogens is 3. The first-order chi connectivity index (χ1) is 19.5. The molecule has 1 saturated heterocycles. The fraction of sp³-hybridized carbons (Fsp3) is 0.226. The number of benzene rings is 2. The van der Waals surface area contributed by atoms with E-state index in [0.717, 1.165) is 38.2 Å². The van der Waals surface area contributed by atoms with Gasteiger partial charge in [-0.15, -0.1) is 11.3 Å². The van der Waals surface area contributed by atoms with E-state index in [9.17, 15) is 9.59 Å². The molecule has 1 N–H and O–H groups in total. The Morgan fingerprint density at radius 2 is 1.75 bits per heavy atom. The number of carbonyl (C=O) groups is 2. The van der Waals surface area contributed by atoms with E-state index in [-0.39, 0.29) is 17.5 Å². The van der Waals surface area contributed by atoms with Crippen LogP contribution in [-0.4, -0.2) is 57.4 Å². The molecular formula is C31H30N6O2S. The highest BCUT2D eigenvalue weighted by Crippen LogP contribution is 2.35. The second-order valence-electron chi connectivity index (χ2n) is 9.97. The van der Waals surface area contributed by atoms with Crippen LogP contribution in [0.4, 0.5) is 5.82 Å². The minimum Gasteiger partial charge on any atom is -0.352 e. The maximum Gasteiger partial charge on any atom is 0.271 e. The van der Waals surface area contributed by atoms with Crippen molar-refractivity contribution in [1.29, 1.82) is 0 Å². The van der Waals surface area contributed by atoms with Gasteiger partial charge in [-0.25, -0.2) is 9.97 Å². The molecule has 0 unspecified atom stereocenters. The van der Waals surface area contributed by atoms with E-state index in [2.05, 4.69) is 62.0 Å². The molecular weight excluding hydrogens is 520 g/mol. The zero-order valence-electron chi connectivity index (χ0n) is 22.5. The standard InChI is InChI=1S/C31H30N6O2S/c1-21-10-11-26-24(17-21)28(29(35(26)2)22-7-4-3-5-8-22)31(39)37-14-12-36(13-15-37)27-20-32-25(19-33-27)30(38)34-18-23-9-6-16-40-23/h3-11,16-17,19-20H,12-15,18H2,1-2H3,(H,34,38). The maximum atomic E-state index is 14.1. The summed E-state index contributed by atoms with van der Waals surface area (Å²) in [5.74, 6) is 0.494. The van der Waals surface area contributed by atoms with Crippen LogP contribution in [-0.2, 0) is 13.6 Å². The molecule has 5 aromatic rings. The topological polar surface area (TPSA) is 83.4 Å². The van der Waals surface area contributed by atoms with E-state index in [0.29, 0.717) is 38.5 Å². The van der Waals surface area contributed by atoms with Crippen molar-refractivity contribution in [3.8, 4) is 11.3 Å². The SMILES string of the molecule is Cc1ccc2c(c1)c(C(=O)N1CCN(c3cnc(C(=O)NCc4cccs4)cn3)CC1)c(-c1ccccc1)n2C. The minimum absolute atomic E-state index is 0.0403. The number of anilines is 1. The van der Waals surface area contributed by atoms with Crippen molar-refractivity contribution < 1.29 is 9.59 Å². The van der Waals surface area contributed by atoms with Crippen LogP contribution in [0.5, 0.6) is 0 Å². The highest BCUT2D eigenvalue weighted by atomic mass is 32.1. The van der Waals surface area contributed by atoms with Crippen molar-refractivity contribution in [3.05, 3.63) is 100 Å². The Morgan fingerprint density at radius 3 is 2.45 bits per heavy atom. The first-order valence-electron chi connectivity index (χ1n) is 13.3. The average Bonchev–Trinajstić information content (AvgIpc) is 3.62. The second kappa shape index (κ2) is 10.9. The van der Waals surface area contributed by atoms with Crippen molar-refractivity contribution >= 4 is 39.9 Å². The Labute approximate surface area is 236 Å². The lowest BCUT2D eigenvalue weighted by atomic mass is 10.0. The zero-order valence-corrected chi connectivity index (χ0v) is 23.3. The van der Waals surface area contributed by atoms with Crippen molar-refractivity contribution in [2.75, 3.05) is 31.1 Å². The summed E-state index contributed by atoms with van der Waals surface area (Å²) < 4.78 is 2.13. The molecule has 1 aliphatic rings. The molecule has 9 heteroatoms. The number of carbonyl (C=O) groups excluding carboxylic acids is 2. The van der Waals surface area contributed by atoms with Gasteiger partial charge in [-0.05, 0) is 36.1 Å². The molecule has 8 nitrogen and oxygen atoms in total. The van der Waals surface area contributed by atoms with Crippen molar-refractivity contribution in [2.24, 2.45) is 7.05 Å². The van der Waals surface area contributed by atoms with E-state index in [4.69, 9.17) is 0 Å². The number of nitrogens with one attached hydrogen (secondary N) is 1. The number of aryl methyl sites for hydroxylation is 2. The van der Waals surface area contributed by atoms with Gasteiger partial charge in [0.05, 0.1) is 30.2 Å². The van der Waals surface area contributed by atoms with Crippen LogP contribution in [0, 0.1) is 6.92 Å². The van der Waals surface area contributed by atoms with Gasteiger partial charge in [-0.2, -0.15) is 0 Å². The lowest BCUT2D eigenvalue weighted by molar-refractivity contribution is 0.0748. The summed E-state index contributed by atoms with van der Waals surface area (Å²) in [6.45, 7) is 4.93. The number of amides is 2. The van der Waals surface area contributed by atoms with E-state index in [1.807, 2.05) is 47.7 Å². The summed E-state index contributed by atoms with van der Waals surface area (Å²) in [6.07, 6.45) is 3.15. The molecule has 1 fully saturated rings. The fourth-order valence-electron chi connectivity index (χ4n) is 5.28. The van der Waals surface area contributed by atoms with Crippen molar-refractivity contribution in [1.82, 2.24) is 24.8 Å². The van der Waals surface area contributed by atoms with Gasteiger partial charge in [0.1, 0.15) is 11.5 Å². The number of rotatable bonds is 6. The van der Waals surface area contributed by atoms with Gasteiger partial charge in [0.15, 0.2) is 0 Å². The van der Waals surface area contributed by atoms with Crippen LogP contribution in [0.1, 0.15) is 31.3 Å². The summed E-state index contributed by atoms with van der Waals surface area (Å²) in [6, 6.07) is 20.3. The van der Waals surface area contributed by atoms with Crippen LogP contribution < -0.4 is 10.2 Å². The van der Waals surface area contributed by atoms with Gasteiger partial charge in [0.2, 0.25) is 0 Å². The van der Waals surface area contributed by atoms with Gasteiger partial charge in [0, 0.05) is 49.0 Å². The minimum atomic E-state index is -0.248. The Morgan fingerprint density at radius 1 is 0.950 bits per heavy atom. The van der Waals surface area contributed by atoms with Gasteiger partial charge < -0.3 is 19.7 Å². The largest absolute Gasteiger partial charge is 0.352 e. The predicted octanol–water partition coefficient (Wildman–Crippen LogP) is 4.90. The van der Waals surface area contributed by atoms with Crippen LogP contribution in [0.2, 0.25) is 0 Å². The smallest absolute Gasteiger partial charge is 0.271 e. The van der Waals surface area contributed by atoms with Crippen molar-refractivity contribution in [3.63, 3.8) is 0 Å². The highest BCUT2D eigenvalue weighted by molar-refractivity contribution is 7.09. The first kappa shape index (κ1) is 25.8. The molecule has 0 aliphatic carbocycles. The molecule has 0 spiro atoms. The summed E-state index contributed by atoms with van der Waals surface area (Å²) in [4.78, 5) is 40.5. The number of hydrogen-bond acceptors (Lipinski definition) is 6. The highest BCUT2D eigenvalue weighted by Gasteiger charge is 2.29. The van der Waals surface area contributed by atoms with Crippen LogP contribution in [0.15, 0.2) is 78.4 Å². The Kier molecular flexibility index (Phi) is 7.04. The molecule has 0 radical (unpaired) electrons. The molecule has 3 aromatic heterocycles. The van der Waals surface area contributed by atoms with Crippen LogP contribution in [0.3, 0.4) is 0 Å². The molecule has 2 aromatic carbocycles. The molecule has 40 heavy (non-hydrogen) atoms. The summed E-state index contributed by atoms with van der Waals surface area (Å²) in [7, 11) is 2.03. The number of nitrogens with zero attached hydrogens (tertiary/aromatic N) is 5. The van der Waals surface area contributed by atoms with Crippen molar-refractivity contribution in [2.45, 2.75) is 13.5 Å². The van der Waals surface area contributed by atoms with E-state index >= 15 is 0 Å². The van der Waals surface area contributed by atoms with Crippen LogP contribution >= 0.6 is 11.3 Å². The number of piperazine rings is 1. The fourth-order valence-corrected chi connectivity index (χ4v) is 5.92. The van der Waals surface area contributed by atoms with Gasteiger partial charge in [-0.3, -0.25) is 9.59 Å². The predicted molar refractivity (Wildman–Crippen MR) is 159 cm³/mol. The quantitative estimate of drug-likeness (QED) is 0.325. The lowest BCUT2D eigenvalue weighted by Gasteiger charge is -2.35. The third-order valence-electron chi connectivity index (χ3n) is 7.38. The second-order valence-corrected chi connectivity index (χ2v) is 11.0. The summed E-state index contributed by atoms with van der Waals surface area (Å²) in [5, 5.41) is 5.84. The third-order valence-corrected chi connectivity index (χ3v) is 8.26.